The monoisotopic (exact) mass is 486 g/mol. The number of nitrogens with one attached hydrogen (secondary N) is 2. The number of methoxy groups -OCH3 is 1. The number of carboxylic acid groups (broad SMARTS) is 1. The van der Waals surface area contributed by atoms with Crippen molar-refractivity contribution in [3.63, 3.8) is 0 Å². The Morgan fingerprint density at radius 1 is 1.30 bits per heavy atom. The lowest BCUT2D eigenvalue weighted by atomic mass is 9.94. The molecule has 0 fully saturated rings. The number of thiophene rings is 1. The molecule has 4 rings (SSSR count). The van der Waals surface area contributed by atoms with Crippen molar-refractivity contribution in [2.24, 2.45) is 0 Å². The third-order valence-electron chi connectivity index (χ3n) is 5.17. The molecular weight excluding hydrogens is 468 g/mol. The lowest BCUT2D eigenvalue weighted by Gasteiger charge is -2.16. The number of amides is 1. The number of aromatic nitrogens is 1. The fourth-order valence-electron chi connectivity index (χ4n) is 3.66. The average Bonchev–Trinajstić information content (AvgIpc) is 3.23. The minimum Gasteiger partial charge on any atom is -0.496 e. The zero-order valence-electron chi connectivity index (χ0n) is 16.3. The first kappa shape index (κ1) is 20.4. The van der Waals surface area contributed by atoms with E-state index in [4.69, 9.17) is 9.84 Å². The maximum absolute atomic E-state index is 12.5. The zero-order chi connectivity index (χ0) is 21.4. The molecule has 0 aliphatic heterocycles. The molecular formula is C22H19BrN2O4S. The molecule has 8 heteroatoms. The number of aromatic amines is 1. The number of hydrogen-bond acceptors (Lipinski definition) is 4. The van der Waals surface area contributed by atoms with Crippen LogP contribution in [-0.4, -0.2) is 29.8 Å². The highest BCUT2D eigenvalue weighted by molar-refractivity contribution is 9.10. The van der Waals surface area contributed by atoms with Crippen molar-refractivity contribution in [1.29, 1.82) is 0 Å². The Bertz CT molecular complexity index is 1310. The number of rotatable bonds is 5. The summed E-state index contributed by atoms with van der Waals surface area (Å²) in [6.45, 7) is 2.32. The topological polar surface area (TPSA) is 91.4 Å². The van der Waals surface area contributed by atoms with Gasteiger partial charge in [-0.05, 0) is 50.5 Å². The summed E-state index contributed by atoms with van der Waals surface area (Å²) in [5.41, 5.74) is 3.50. The quantitative estimate of drug-likeness (QED) is 0.344. The maximum atomic E-state index is 12.5. The average molecular weight is 487 g/mol. The van der Waals surface area contributed by atoms with E-state index in [0.717, 1.165) is 37.5 Å². The van der Waals surface area contributed by atoms with E-state index < -0.39 is 6.09 Å². The third kappa shape index (κ3) is 3.57. The molecule has 2 aromatic heterocycles. The van der Waals surface area contributed by atoms with Gasteiger partial charge in [0.2, 0.25) is 0 Å². The summed E-state index contributed by atoms with van der Waals surface area (Å²) in [5.74, 6) is 0.737. The number of ether oxygens (including phenoxy) is 1. The van der Waals surface area contributed by atoms with Gasteiger partial charge in [-0.1, -0.05) is 31.2 Å². The molecule has 2 aromatic carbocycles. The van der Waals surface area contributed by atoms with Gasteiger partial charge in [0.15, 0.2) is 0 Å². The molecule has 154 valence electrons. The number of hydrogen-bond donors (Lipinski definition) is 3. The molecule has 1 unspecified atom stereocenters. The molecule has 0 bridgehead atoms. The van der Waals surface area contributed by atoms with Crippen LogP contribution in [0.3, 0.4) is 0 Å². The van der Waals surface area contributed by atoms with Gasteiger partial charge in [-0.3, -0.25) is 4.79 Å². The second kappa shape index (κ2) is 8.12. The van der Waals surface area contributed by atoms with E-state index in [-0.39, 0.29) is 11.5 Å². The van der Waals surface area contributed by atoms with Crippen LogP contribution in [0.15, 0.2) is 51.0 Å². The van der Waals surface area contributed by atoms with Crippen LogP contribution >= 0.6 is 27.3 Å². The fraction of sp³-hybridized carbons (Fsp3) is 0.182. The third-order valence-corrected chi connectivity index (χ3v) is 6.71. The van der Waals surface area contributed by atoms with Gasteiger partial charge < -0.3 is 20.1 Å². The second-order valence-electron chi connectivity index (χ2n) is 7.01. The van der Waals surface area contributed by atoms with Gasteiger partial charge in [-0.2, -0.15) is 0 Å². The molecule has 4 aromatic rings. The van der Waals surface area contributed by atoms with Crippen molar-refractivity contribution >= 4 is 54.3 Å². The second-order valence-corrected chi connectivity index (χ2v) is 8.78. The minimum atomic E-state index is -1.03. The van der Waals surface area contributed by atoms with Gasteiger partial charge in [0.25, 0.3) is 5.56 Å². The predicted octanol–water partition coefficient (Wildman–Crippen LogP) is 5.55. The van der Waals surface area contributed by atoms with Crippen LogP contribution in [0.1, 0.15) is 18.4 Å². The van der Waals surface area contributed by atoms with Gasteiger partial charge in [-0.15, -0.1) is 11.3 Å². The molecule has 0 saturated carbocycles. The van der Waals surface area contributed by atoms with Crippen LogP contribution < -0.4 is 15.6 Å². The van der Waals surface area contributed by atoms with Gasteiger partial charge >= 0.3 is 6.09 Å². The van der Waals surface area contributed by atoms with E-state index in [0.29, 0.717) is 17.0 Å². The fourth-order valence-corrected chi connectivity index (χ4v) is 4.96. The number of pyridine rings is 1. The van der Waals surface area contributed by atoms with Gasteiger partial charge in [0.05, 0.1) is 12.6 Å². The van der Waals surface area contributed by atoms with Crippen molar-refractivity contribution in [2.45, 2.75) is 12.8 Å². The first-order valence-corrected chi connectivity index (χ1v) is 10.9. The van der Waals surface area contributed by atoms with E-state index in [2.05, 4.69) is 26.2 Å². The van der Waals surface area contributed by atoms with E-state index >= 15 is 0 Å². The lowest BCUT2D eigenvalue weighted by Crippen LogP contribution is -2.25. The first-order valence-electron chi connectivity index (χ1n) is 9.27. The number of H-pyrrole nitrogens is 1. The summed E-state index contributed by atoms with van der Waals surface area (Å²) >= 11 is 4.97. The van der Waals surface area contributed by atoms with E-state index in [1.807, 2.05) is 48.7 Å². The molecule has 2 heterocycles. The maximum Gasteiger partial charge on any atom is 0.404 e. The highest BCUT2D eigenvalue weighted by Crippen LogP contribution is 2.43. The number of fused-ring (bicyclic) bond motifs is 3. The molecule has 6 nitrogen and oxygen atoms in total. The molecule has 1 atom stereocenters. The van der Waals surface area contributed by atoms with Crippen LogP contribution in [0.5, 0.6) is 5.75 Å². The molecule has 3 N–H and O–H groups in total. The molecule has 0 aliphatic rings. The van der Waals surface area contributed by atoms with Crippen LogP contribution in [0.2, 0.25) is 0 Å². The first-order chi connectivity index (χ1) is 14.4. The standard InChI is InChI=1S/C22H19BrN2O4S/c1-11(10-24-22(27)28)12-3-5-13(6-4-12)17-16(29-2)9-15(23)19-18(17)14-7-8-30-20(14)21(26)25-19/h3-9,11,24H,10H2,1-2H3,(H,25,26)(H,27,28). The Morgan fingerprint density at radius 3 is 2.70 bits per heavy atom. The Labute approximate surface area is 184 Å². The van der Waals surface area contributed by atoms with Crippen molar-refractivity contribution in [3.8, 4) is 16.9 Å². The van der Waals surface area contributed by atoms with Crippen LogP contribution in [0.4, 0.5) is 4.79 Å². The largest absolute Gasteiger partial charge is 0.496 e. The van der Waals surface area contributed by atoms with Gasteiger partial charge in [0, 0.05) is 27.4 Å². The highest BCUT2D eigenvalue weighted by atomic mass is 79.9. The summed E-state index contributed by atoms with van der Waals surface area (Å²) in [6.07, 6.45) is -1.03. The van der Waals surface area contributed by atoms with Gasteiger partial charge in [-0.25, -0.2) is 4.79 Å². The number of benzene rings is 2. The summed E-state index contributed by atoms with van der Waals surface area (Å²) in [6, 6.07) is 11.8. The lowest BCUT2D eigenvalue weighted by molar-refractivity contribution is 0.194. The molecule has 30 heavy (non-hydrogen) atoms. The number of halogens is 1. The van der Waals surface area contributed by atoms with Crippen LogP contribution in [0, 0.1) is 0 Å². The van der Waals surface area contributed by atoms with Crippen molar-refractivity contribution < 1.29 is 14.6 Å². The van der Waals surface area contributed by atoms with Crippen LogP contribution in [-0.2, 0) is 0 Å². The highest BCUT2D eigenvalue weighted by Gasteiger charge is 2.19. The number of carbonyl (C=O) groups is 1. The van der Waals surface area contributed by atoms with Crippen molar-refractivity contribution in [2.75, 3.05) is 13.7 Å². The van der Waals surface area contributed by atoms with E-state index in [9.17, 15) is 9.59 Å². The summed E-state index contributed by atoms with van der Waals surface area (Å²) in [4.78, 5) is 26.2. The summed E-state index contributed by atoms with van der Waals surface area (Å²) in [7, 11) is 1.63. The molecule has 1 amide bonds. The predicted molar refractivity (Wildman–Crippen MR) is 124 cm³/mol. The Balaban J connectivity index is 1.90. The Hall–Kier alpha value is -2.84. The van der Waals surface area contributed by atoms with Gasteiger partial charge in [0.1, 0.15) is 10.4 Å². The molecule has 0 spiro atoms. The SMILES string of the molecule is COc1cc(Br)c2[nH]c(=O)c3sccc3c2c1-c1ccc(C(C)CNC(=O)O)cc1. The summed E-state index contributed by atoms with van der Waals surface area (Å²) < 4.78 is 7.13. The normalized spacial score (nSPS) is 12.2. The molecule has 0 radical (unpaired) electrons. The van der Waals surface area contributed by atoms with E-state index in [1.165, 1.54) is 11.3 Å². The smallest absolute Gasteiger partial charge is 0.404 e. The zero-order valence-corrected chi connectivity index (χ0v) is 18.7. The van der Waals surface area contributed by atoms with Crippen LogP contribution in [0.25, 0.3) is 32.1 Å². The molecule has 0 aliphatic carbocycles. The Morgan fingerprint density at radius 2 is 2.03 bits per heavy atom. The molecule has 0 saturated heterocycles. The minimum absolute atomic E-state index is 0.0404. The van der Waals surface area contributed by atoms with Crippen molar-refractivity contribution in [1.82, 2.24) is 10.3 Å². The van der Waals surface area contributed by atoms with Crippen molar-refractivity contribution in [3.05, 3.63) is 62.2 Å². The summed E-state index contributed by atoms with van der Waals surface area (Å²) in [5, 5.41) is 15.0. The Kier molecular flexibility index (Phi) is 5.53. The van der Waals surface area contributed by atoms with E-state index in [1.54, 1.807) is 7.11 Å².